The van der Waals surface area contributed by atoms with Gasteiger partial charge in [-0.05, 0) is 30.2 Å². The molecule has 0 aliphatic rings. The first-order valence-corrected chi connectivity index (χ1v) is 8.60. The van der Waals surface area contributed by atoms with E-state index >= 15 is 0 Å². The van der Waals surface area contributed by atoms with Gasteiger partial charge in [-0.15, -0.1) is 12.4 Å². The van der Waals surface area contributed by atoms with E-state index in [4.69, 9.17) is 22.1 Å². The van der Waals surface area contributed by atoms with Gasteiger partial charge in [-0.3, -0.25) is 9.69 Å². The molecular weight excluding hydrogens is 373 g/mol. The van der Waals surface area contributed by atoms with Gasteiger partial charge in [0.15, 0.2) is 0 Å². The van der Waals surface area contributed by atoms with Gasteiger partial charge in [-0.2, -0.15) is 0 Å². The molecule has 142 valence electrons. The quantitative estimate of drug-likeness (QED) is 0.681. The summed E-state index contributed by atoms with van der Waals surface area (Å²) in [5.74, 6) is 0.453. The standard InChI is InChI=1S/C19H24ClN3O2.ClH/c1-25-18-8-7-16(20)13-17(18)22-19(24)14-23(12-10-21)11-9-15-5-3-2-4-6-15;/h2-8,13H,9-12,14,21H2,1H3,(H,22,24);1H. The molecule has 0 unspecified atom stereocenters. The lowest BCUT2D eigenvalue weighted by Gasteiger charge is -2.21. The van der Waals surface area contributed by atoms with Gasteiger partial charge in [-0.1, -0.05) is 41.9 Å². The maximum Gasteiger partial charge on any atom is 0.238 e. The van der Waals surface area contributed by atoms with Crippen molar-refractivity contribution in [1.82, 2.24) is 4.90 Å². The molecule has 2 aromatic carbocycles. The van der Waals surface area contributed by atoms with Crippen LogP contribution in [0.3, 0.4) is 0 Å². The number of hydrogen-bond acceptors (Lipinski definition) is 4. The van der Waals surface area contributed by atoms with Crippen molar-refractivity contribution in [3.63, 3.8) is 0 Å². The van der Waals surface area contributed by atoms with E-state index in [2.05, 4.69) is 17.4 Å². The largest absolute Gasteiger partial charge is 0.495 e. The molecule has 0 fully saturated rings. The van der Waals surface area contributed by atoms with Crippen LogP contribution in [0.5, 0.6) is 5.75 Å². The highest BCUT2D eigenvalue weighted by atomic mass is 35.5. The smallest absolute Gasteiger partial charge is 0.238 e. The molecule has 5 nitrogen and oxygen atoms in total. The van der Waals surface area contributed by atoms with Crippen molar-refractivity contribution in [3.05, 3.63) is 59.1 Å². The SMILES string of the molecule is COc1ccc(Cl)cc1NC(=O)CN(CCN)CCc1ccccc1.Cl. The number of carbonyl (C=O) groups excluding carboxylic acids is 1. The van der Waals surface area contributed by atoms with Crippen molar-refractivity contribution in [3.8, 4) is 5.75 Å². The number of nitrogens with one attached hydrogen (secondary N) is 1. The van der Waals surface area contributed by atoms with E-state index in [1.54, 1.807) is 25.3 Å². The Morgan fingerprint density at radius 2 is 1.92 bits per heavy atom. The third kappa shape index (κ3) is 7.22. The van der Waals surface area contributed by atoms with Gasteiger partial charge in [0.1, 0.15) is 5.75 Å². The lowest BCUT2D eigenvalue weighted by Crippen LogP contribution is -2.38. The van der Waals surface area contributed by atoms with Gasteiger partial charge in [0.05, 0.1) is 19.3 Å². The Morgan fingerprint density at radius 3 is 2.58 bits per heavy atom. The normalized spacial score (nSPS) is 10.3. The third-order valence-corrected chi connectivity index (χ3v) is 4.04. The fourth-order valence-electron chi connectivity index (χ4n) is 2.56. The van der Waals surface area contributed by atoms with Gasteiger partial charge in [0.2, 0.25) is 5.91 Å². The number of amides is 1. The molecule has 3 N–H and O–H groups in total. The number of anilines is 1. The van der Waals surface area contributed by atoms with Crippen molar-refractivity contribution in [2.24, 2.45) is 5.73 Å². The predicted octanol–water partition coefficient (Wildman–Crippen LogP) is 3.21. The predicted molar refractivity (Wildman–Crippen MR) is 110 cm³/mol. The third-order valence-electron chi connectivity index (χ3n) is 3.81. The van der Waals surface area contributed by atoms with E-state index in [9.17, 15) is 4.79 Å². The maximum atomic E-state index is 12.4. The number of rotatable bonds is 9. The summed E-state index contributed by atoms with van der Waals surface area (Å²) >= 11 is 6.00. The fraction of sp³-hybridized carbons (Fsp3) is 0.316. The van der Waals surface area contributed by atoms with Crippen LogP contribution in [0.4, 0.5) is 5.69 Å². The molecule has 2 aromatic rings. The molecule has 0 aliphatic carbocycles. The number of methoxy groups -OCH3 is 1. The number of nitrogens with zero attached hydrogens (tertiary/aromatic N) is 1. The monoisotopic (exact) mass is 397 g/mol. The molecule has 0 spiro atoms. The summed E-state index contributed by atoms with van der Waals surface area (Å²) in [6.07, 6.45) is 0.870. The molecular formula is C19H25Cl2N3O2. The lowest BCUT2D eigenvalue weighted by molar-refractivity contribution is -0.117. The van der Waals surface area contributed by atoms with Crippen LogP contribution in [0, 0.1) is 0 Å². The van der Waals surface area contributed by atoms with Gasteiger partial charge in [0.25, 0.3) is 0 Å². The minimum absolute atomic E-state index is 0. The van der Waals surface area contributed by atoms with E-state index in [1.165, 1.54) is 5.56 Å². The van der Waals surface area contributed by atoms with Crippen molar-refractivity contribution in [2.75, 3.05) is 38.6 Å². The molecule has 26 heavy (non-hydrogen) atoms. The first-order chi connectivity index (χ1) is 12.1. The first kappa shape index (κ1) is 22.3. The van der Waals surface area contributed by atoms with Crippen LogP contribution >= 0.6 is 24.0 Å². The van der Waals surface area contributed by atoms with Crippen molar-refractivity contribution in [2.45, 2.75) is 6.42 Å². The van der Waals surface area contributed by atoms with Crippen LogP contribution in [0.1, 0.15) is 5.56 Å². The molecule has 7 heteroatoms. The van der Waals surface area contributed by atoms with E-state index < -0.39 is 0 Å². The van der Waals surface area contributed by atoms with Crippen LogP contribution < -0.4 is 15.8 Å². The number of ether oxygens (including phenoxy) is 1. The lowest BCUT2D eigenvalue weighted by atomic mass is 10.1. The van der Waals surface area contributed by atoms with Crippen molar-refractivity contribution in [1.29, 1.82) is 0 Å². The highest BCUT2D eigenvalue weighted by Crippen LogP contribution is 2.27. The Bertz CT molecular complexity index is 684. The second-order valence-corrected chi connectivity index (χ2v) is 6.13. The maximum absolute atomic E-state index is 12.4. The summed E-state index contributed by atoms with van der Waals surface area (Å²) in [6.45, 7) is 2.19. The number of benzene rings is 2. The Hall–Kier alpha value is -1.79. The summed E-state index contributed by atoms with van der Waals surface area (Å²) in [6, 6.07) is 15.3. The molecule has 0 saturated carbocycles. The zero-order valence-electron chi connectivity index (χ0n) is 14.8. The fourth-order valence-corrected chi connectivity index (χ4v) is 2.73. The van der Waals surface area contributed by atoms with Gasteiger partial charge < -0.3 is 15.8 Å². The van der Waals surface area contributed by atoms with Crippen LogP contribution in [-0.2, 0) is 11.2 Å². The first-order valence-electron chi connectivity index (χ1n) is 8.22. The molecule has 1 amide bonds. The molecule has 0 radical (unpaired) electrons. The zero-order chi connectivity index (χ0) is 18.1. The van der Waals surface area contributed by atoms with Crippen LogP contribution in [0.2, 0.25) is 5.02 Å². The summed E-state index contributed by atoms with van der Waals surface area (Å²) in [7, 11) is 1.56. The number of halogens is 2. The molecule has 0 aromatic heterocycles. The Balaban J connectivity index is 0.00000338. The Morgan fingerprint density at radius 1 is 1.19 bits per heavy atom. The number of hydrogen-bond donors (Lipinski definition) is 2. The van der Waals surface area contributed by atoms with E-state index in [0.29, 0.717) is 29.5 Å². The summed E-state index contributed by atoms with van der Waals surface area (Å²) in [5, 5.41) is 3.40. The van der Waals surface area contributed by atoms with Gasteiger partial charge in [0, 0.05) is 24.7 Å². The second-order valence-electron chi connectivity index (χ2n) is 5.69. The number of nitrogens with two attached hydrogens (primary N) is 1. The van der Waals surface area contributed by atoms with Crippen molar-refractivity contribution >= 4 is 35.6 Å². The Kier molecular flexibility index (Phi) is 10.1. The molecule has 0 saturated heterocycles. The van der Waals surface area contributed by atoms with Gasteiger partial charge in [-0.25, -0.2) is 0 Å². The number of carbonyl (C=O) groups is 1. The average molecular weight is 398 g/mol. The van der Waals surface area contributed by atoms with Crippen molar-refractivity contribution < 1.29 is 9.53 Å². The summed E-state index contributed by atoms with van der Waals surface area (Å²) < 4.78 is 5.25. The minimum atomic E-state index is -0.123. The molecule has 0 atom stereocenters. The second kappa shape index (κ2) is 11.8. The zero-order valence-corrected chi connectivity index (χ0v) is 16.4. The molecule has 0 aliphatic heterocycles. The van der Waals surface area contributed by atoms with E-state index in [-0.39, 0.29) is 24.9 Å². The highest BCUT2D eigenvalue weighted by Gasteiger charge is 2.13. The topological polar surface area (TPSA) is 67.6 Å². The van der Waals surface area contributed by atoms with Crippen LogP contribution in [0.25, 0.3) is 0 Å². The minimum Gasteiger partial charge on any atom is -0.495 e. The summed E-state index contributed by atoms with van der Waals surface area (Å²) in [4.78, 5) is 14.4. The van der Waals surface area contributed by atoms with Crippen LogP contribution in [0.15, 0.2) is 48.5 Å². The van der Waals surface area contributed by atoms with E-state index in [0.717, 1.165) is 13.0 Å². The highest BCUT2D eigenvalue weighted by molar-refractivity contribution is 6.31. The molecule has 0 heterocycles. The van der Waals surface area contributed by atoms with E-state index in [1.807, 2.05) is 23.1 Å². The molecule has 0 bridgehead atoms. The molecule has 2 rings (SSSR count). The Labute approximate surface area is 165 Å². The summed E-state index contributed by atoms with van der Waals surface area (Å²) in [5.41, 5.74) is 7.48. The average Bonchev–Trinajstić information content (AvgIpc) is 2.61. The van der Waals surface area contributed by atoms with Crippen LogP contribution in [-0.4, -0.2) is 44.1 Å². The van der Waals surface area contributed by atoms with Gasteiger partial charge >= 0.3 is 0 Å².